The van der Waals surface area contributed by atoms with E-state index in [1.54, 1.807) is 0 Å². The number of nitrogens with zero attached hydrogens (tertiary/aromatic N) is 5. The number of hydrogen-bond donors (Lipinski definition) is 0. The highest BCUT2D eigenvalue weighted by atomic mass is 15.3. The molecular formula is C6H2N5. The molecule has 5 heteroatoms. The van der Waals surface area contributed by atoms with Gasteiger partial charge in [0.2, 0.25) is 0 Å². The molecule has 0 aromatic carbocycles. The van der Waals surface area contributed by atoms with Crippen molar-refractivity contribution >= 4 is 5.78 Å². The van der Waals surface area contributed by atoms with Crippen LogP contribution in [0.4, 0.5) is 0 Å². The van der Waals surface area contributed by atoms with Gasteiger partial charge in [-0.15, -0.1) is 10.2 Å². The minimum Gasteiger partial charge on any atom is -0.256 e. The van der Waals surface area contributed by atoms with Crippen molar-refractivity contribution in [2.75, 3.05) is 0 Å². The molecule has 0 aliphatic rings. The van der Waals surface area contributed by atoms with Crippen molar-refractivity contribution in [1.29, 1.82) is 5.26 Å². The van der Waals surface area contributed by atoms with Gasteiger partial charge in [-0.25, -0.2) is 4.98 Å². The molecule has 0 unspecified atom stereocenters. The zero-order valence-electron chi connectivity index (χ0n) is 5.39. The molecule has 0 N–H and O–H groups in total. The highest BCUT2D eigenvalue weighted by Crippen LogP contribution is 1.97. The Morgan fingerprint density at radius 1 is 1.64 bits per heavy atom. The van der Waals surface area contributed by atoms with Crippen molar-refractivity contribution in [3.8, 4) is 6.07 Å². The van der Waals surface area contributed by atoms with E-state index in [0.29, 0.717) is 11.5 Å². The summed E-state index contributed by atoms with van der Waals surface area (Å²) in [5.74, 6) is 0.417. The zero-order valence-corrected chi connectivity index (χ0v) is 5.39. The quantitative estimate of drug-likeness (QED) is 0.513. The molecule has 5 nitrogen and oxygen atoms in total. The first-order valence-corrected chi connectivity index (χ1v) is 2.88. The molecule has 1 radical (unpaired) electrons. The van der Waals surface area contributed by atoms with Gasteiger partial charge < -0.3 is 0 Å². The number of aromatic nitrogens is 4. The van der Waals surface area contributed by atoms with Crippen LogP contribution in [0.25, 0.3) is 5.78 Å². The molecule has 0 atom stereocenters. The minimum atomic E-state index is 0.361. The van der Waals surface area contributed by atoms with Crippen LogP contribution in [0.3, 0.4) is 0 Å². The first-order valence-electron chi connectivity index (χ1n) is 2.88. The van der Waals surface area contributed by atoms with Gasteiger partial charge in [0.05, 0.1) is 0 Å². The van der Waals surface area contributed by atoms with Crippen molar-refractivity contribution < 1.29 is 0 Å². The third kappa shape index (κ3) is 0.730. The first-order chi connectivity index (χ1) is 5.42. The summed E-state index contributed by atoms with van der Waals surface area (Å²) in [6.07, 6.45) is 2.83. The molecule has 2 rings (SSSR count). The lowest BCUT2D eigenvalue weighted by atomic mass is 10.4. The fourth-order valence-electron chi connectivity index (χ4n) is 0.782. The Morgan fingerprint density at radius 2 is 2.55 bits per heavy atom. The Labute approximate surface area is 61.9 Å². The molecule has 2 aromatic heterocycles. The third-order valence-corrected chi connectivity index (χ3v) is 1.26. The molecule has 0 aliphatic heterocycles. The van der Waals surface area contributed by atoms with Gasteiger partial charge in [-0.05, 0) is 0 Å². The summed E-state index contributed by atoms with van der Waals surface area (Å²) in [5.41, 5.74) is 0.361. The van der Waals surface area contributed by atoms with E-state index in [1.807, 2.05) is 6.07 Å². The van der Waals surface area contributed by atoms with Gasteiger partial charge in [-0.3, -0.25) is 4.40 Å². The fraction of sp³-hybridized carbons (Fsp3) is 0. The van der Waals surface area contributed by atoms with Crippen molar-refractivity contribution in [2.45, 2.75) is 0 Å². The van der Waals surface area contributed by atoms with Gasteiger partial charge in [0, 0.05) is 12.3 Å². The van der Waals surface area contributed by atoms with Crippen LogP contribution in [0.1, 0.15) is 5.69 Å². The molecule has 0 saturated carbocycles. The molecule has 11 heavy (non-hydrogen) atoms. The van der Waals surface area contributed by atoms with Gasteiger partial charge >= 0.3 is 0 Å². The molecule has 2 heterocycles. The lowest BCUT2D eigenvalue weighted by Crippen LogP contribution is -1.92. The van der Waals surface area contributed by atoms with Crippen LogP contribution in [0.2, 0.25) is 0 Å². The Hall–Kier alpha value is -1.96. The summed E-state index contributed by atoms with van der Waals surface area (Å²) in [7, 11) is 0. The van der Waals surface area contributed by atoms with Crippen LogP contribution in [0.5, 0.6) is 0 Å². The van der Waals surface area contributed by atoms with Crippen LogP contribution < -0.4 is 0 Å². The Bertz CT molecular complexity index is 424. The maximum Gasteiger partial charge on any atom is 0.255 e. The number of nitriles is 1. The van der Waals surface area contributed by atoms with Gasteiger partial charge in [0.1, 0.15) is 18.1 Å². The number of fused-ring (bicyclic) bond motifs is 1. The van der Waals surface area contributed by atoms with E-state index in [2.05, 4.69) is 21.2 Å². The van der Waals surface area contributed by atoms with Gasteiger partial charge in [-0.1, -0.05) is 0 Å². The SMILES string of the molecule is N#Cc1[c]cnc2nncn12. The van der Waals surface area contributed by atoms with Gasteiger partial charge in [0.25, 0.3) is 5.78 Å². The third-order valence-electron chi connectivity index (χ3n) is 1.26. The Morgan fingerprint density at radius 3 is 3.36 bits per heavy atom. The first kappa shape index (κ1) is 5.80. The van der Waals surface area contributed by atoms with E-state index < -0.39 is 0 Å². The summed E-state index contributed by atoms with van der Waals surface area (Å²) in [6, 6.07) is 4.60. The zero-order chi connectivity index (χ0) is 7.68. The molecule has 0 saturated heterocycles. The molecule has 0 amide bonds. The maximum absolute atomic E-state index is 8.57. The number of hydrogen-bond acceptors (Lipinski definition) is 4. The van der Waals surface area contributed by atoms with Crippen LogP contribution in [-0.2, 0) is 0 Å². The van der Waals surface area contributed by atoms with E-state index >= 15 is 0 Å². The number of rotatable bonds is 0. The Kier molecular flexibility index (Phi) is 1.07. The summed E-state index contributed by atoms with van der Waals surface area (Å²) >= 11 is 0. The molecule has 51 valence electrons. The molecular weight excluding hydrogens is 142 g/mol. The molecule has 0 spiro atoms. The summed E-state index contributed by atoms with van der Waals surface area (Å²) in [5, 5.41) is 15.8. The highest BCUT2D eigenvalue weighted by Gasteiger charge is 1.99. The second-order valence-corrected chi connectivity index (χ2v) is 1.86. The van der Waals surface area contributed by atoms with Crippen LogP contribution in [0, 0.1) is 17.4 Å². The molecule has 0 fully saturated rings. The lowest BCUT2D eigenvalue weighted by molar-refractivity contribution is 1.07. The van der Waals surface area contributed by atoms with Gasteiger partial charge in [0.15, 0.2) is 0 Å². The smallest absolute Gasteiger partial charge is 0.255 e. The fourth-order valence-corrected chi connectivity index (χ4v) is 0.782. The lowest BCUT2D eigenvalue weighted by Gasteiger charge is -1.89. The predicted molar refractivity (Wildman–Crippen MR) is 34.3 cm³/mol. The second kappa shape index (κ2) is 2.02. The van der Waals surface area contributed by atoms with Gasteiger partial charge in [-0.2, -0.15) is 5.26 Å². The van der Waals surface area contributed by atoms with E-state index in [4.69, 9.17) is 5.26 Å². The van der Waals surface area contributed by atoms with Crippen molar-refractivity contribution in [1.82, 2.24) is 19.6 Å². The summed E-state index contributed by atoms with van der Waals surface area (Å²) in [6.45, 7) is 0. The maximum atomic E-state index is 8.57. The average Bonchev–Trinajstić information content (AvgIpc) is 2.50. The van der Waals surface area contributed by atoms with E-state index in [0.717, 1.165) is 0 Å². The van der Waals surface area contributed by atoms with E-state index in [9.17, 15) is 0 Å². The van der Waals surface area contributed by atoms with Crippen molar-refractivity contribution in [2.24, 2.45) is 0 Å². The summed E-state index contributed by atoms with van der Waals surface area (Å²) in [4.78, 5) is 3.83. The van der Waals surface area contributed by atoms with Crippen LogP contribution in [0.15, 0.2) is 12.5 Å². The topological polar surface area (TPSA) is 66.9 Å². The van der Waals surface area contributed by atoms with E-state index in [1.165, 1.54) is 16.9 Å². The Balaban J connectivity index is 2.92. The van der Waals surface area contributed by atoms with Crippen molar-refractivity contribution in [3.05, 3.63) is 24.3 Å². The minimum absolute atomic E-state index is 0.361. The van der Waals surface area contributed by atoms with E-state index in [-0.39, 0.29) is 0 Å². The van der Waals surface area contributed by atoms with Crippen LogP contribution in [-0.4, -0.2) is 19.6 Å². The average molecular weight is 144 g/mol. The summed E-state index contributed by atoms with van der Waals surface area (Å²) < 4.78 is 1.47. The molecule has 2 aromatic rings. The highest BCUT2D eigenvalue weighted by molar-refractivity contribution is 5.32. The van der Waals surface area contributed by atoms with Crippen LogP contribution >= 0.6 is 0 Å². The largest absolute Gasteiger partial charge is 0.256 e. The normalized spacial score (nSPS) is 9.73. The molecule has 0 aliphatic carbocycles. The van der Waals surface area contributed by atoms with Crippen molar-refractivity contribution in [3.63, 3.8) is 0 Å². The molecule has 0 bridgehead atoms. The monoisotopic (exact) mass is 144 g/mol. The predicted octanol–water partition coefficient (Wildman–Crippen LogP) is -0.204. The second-order valence-electron chi connectivity index (χ2n) is 1.86. The standard InChI is InChI=1S/C6H2N5/c7-3-5-1-2-8-6-10-9-4-11(5)6/h2,4H.